The summed E-state index contributed by atoms with van der Waals surface area (Å²) in [5.74, 6) is 0.874. The topological polar surface area (TPSA) is 9.23 Å². The van der Waals surface area contributed by atoms with Crippen molar-refractivity contribution in [1.82, 2.24) is 0 Å². The molecule has 1 aromatic carbocycles. The Bertz CT molecular complexity index is 271. The van der Waals surface area contributed by atoms with Crippen molar-refractivity contribution in [2.75, 3.05) is 0 Å². The summed E-state index contributed by atoms with van der Waals surface area (Å²) in [5, 5.41) is 0. The fourth-order valence-electron chi connectivity index (χ4n) is 0.821. The first-order valence-electron chi connectivity index (χ1n) is 3.71. The molecule has 1 aromatic rings. The minimum Gasteiger partial charge on any atom is -0.490 e. The van der Waals surface area contributed by atoms with E-state index < -0.39 is 0 Å². The molecule has 0 fully saturated rings. The van der Waals surface area contributed by atoms with E-state index in [0.717, 1.165) is 14.7 Å². The summed E-state index contributed by atoms with van der Waals surface area (Å²) >= 11 is 6.80. The lowest BCUT2D eigenvalue weighted by atomic mass is 10.3. The second kappa shape index (κ2) is 4.28. The molecule has 0 N–H and O–H groups in total. The van der Waals surface area contributed by atoms with Gasteiger partial charge in [0.15, 0.2) is 0 Å². The van der Waals surface area contributed by atoms with Gasteiger partial charge < -0.3 is 4.74 Å². The molecule has 0 spiro atoms. The zero-order valence-electron chi connectivity index (χ0n) is 6.97. The van der Waals surface area contributed by atoms with Gasteiger partial charge in [-0.1, -0.05) is 15.9 Å². The van der Waals surface area contributed by atoms with Crippen LogP contribution < -0.4 is 4.74 Å². The van der Waals surface area contributed by atoms with Crippen molar-refractivity contribution in [3.63, 3.8) is 0 Å². The van der Waals surface area contributed by atoms with Gasteiger partial charge in [-0.25, -0.2) is 0 Å². The Morgan fingerprint density at radius 2 is 1.92 bits per heavy atom. The number of halogens is 2. The van der Waals surface area contributed by atoms with E-state index in [2.05, 4.69) is 31.9 Å². The second-order valence-corrected chi connectivity index (χ2v) is 4.51. The van der Waals surface area contributed by atoms with Crippen LogP contribution in [0.3, 0.4) is 0 Å². The van der Waals surface area contributed by atoms with E-state index in [1.165, 1.54) is 0 Å². The molecule has 0 atom stereocenters. The van der Waals surface area contributed by atoms with E-state index in [0.29, 0.717) is 0 Å². The van der Waals surface area contributed by atoms with Crippen molar-refractivity contribution in [3.8, 4) is 5.75 Å². The molecule has 0 aliphatic rings. The Hall–Kier alpha value is -0.0200. The molecule has 3 heteroatoms. The Kier molecular flexibility index (Phi) is 3.59. The summed E-state index contributed by atoms with van der Waals surface area (Å²) in [4.78, 5) is 0. The monoisotopic (exact) mass is 292 g/mol. The summed E-state index contributed by atoms with van der Waals surface area (Å²) in [5.41, 5.74) is 0. The van der Waals surface area contributed by atoms with E-state index >= 15 is 0 Å². The molecule has 0 radical (unpaired) electrons. The first-order chi connectivity index (χ1) is 5.59. The van der Waals surface area contributed by atoms with Gasteiger partial charge in [0.2, 0.25) is 0 Å². The maximum Gasteiger partial charge on any atom is 0.134 e. The molecule has 0 aliphatic carbocycles. The number of hydrogen-bond acceptors (Lipinski definition) is 1. The van der Waals surface area contributed by atoms with E-state index in [1.807, 2.05) is 32.0 Å². The Labute approximate surface area is 89.4 Å². The molecule has 0 heterocycles. The predicted octanol–water partition coefficient (Wildman–Crippen LogP) is 4.00. The molecule has 0 saturated heterocycles. The highest BCUT2D eigenvalue weighted by molar-refractivity contribution is 9.11. The zero-order chi connectivity index (χ0) is 9.14. The van der Waals surface area contributed by atoms with E-state index in [1.54, 1.807) is 0 Å². The maximum atomic E-state index is 5.55. The minimum atomic E-state index is 0.204. The van der Waals surface area contributed by atoms with Crippen molar-refractivity contribution in [2.45, 2.75) is 20.0 Å². The smallest absolute Gasteiger partial charge is 0.134 e. The molecule has 0 aliphatic heterocycles. The molecule has 0 amide bonds. The number of rotatable bonds is 2. The van der Waals surface area contributed by atoms with Crippen molar-refractivity contribution in [3.05, 3.63) is 27.1 Å². The van der Waals surface area contributed by atoms with Gasteiger partial charge in [0.1, 0.15) is 5.75 Å². The number of benzene rings is 1. The van der Waals surface area contributed by atoms with Crippen LogP contribution in [0.25, 0.3) is 0 Å². The summed E-state index contributed by atoms with van der Waals surface area (Å²) in [6, 6.07) is 5.88. The Morgan fingerprint density at radius 1 is 1.25 bits per heavy atom. The lowest BCUT2D eigenvalue weighted by Gasteiger charge is -2.11. The van der Waals surface area contributed by atoms with Crippen molar-refractivity contribution >= 4 is 31.9 Å². The molecule has 12 heavy (non-hydrogen) atoms. The fourth-order valence-corrected chi connectivity index (χ4v) is 1.50. The maximum absolute atomic E-state index is 5.55. The third-order valence-electron chi connectivity index (χ3n) is 1.26. The zero-order valence-corrected chi connectivity index (χ0v) is 10.1. The molecule has 0 unspecified atom stereocenters. The normalized spacial score (nSPS) is 10.4. The summed E-state index contributed by atoms with van der Waals surface area (Å²) in [6.45, 7) is 4.01. The SMILES string of the molecule is CC(C)Oc1cc(Br)ccc1Br. The van der Waals surface area contributed by atoms with Crippen LogP contribution in [0.15, 0.2) is 27.1 Å². The van der Waals surface area contributed by atoms with Gasteiger partial charge >= 0.3 is 0 Å². The van der Waals surface area contributed by atoms with Crippen molar-refractivity contribution in [1.29, 1.82) is 0 Å². The standard InChI is InChI=1S/C9H10Br2O/c1-6(2)12-9-5-7(10)3-4-8(9)11/h3-6H,1-2H3. The quantitative estimate of drug-likeness (QED) is 0.801. The molecule has 0 bridgehead atoms. The number of hydrogen-bond donors (Lipinski definition) is 0. The predicted molar refractivity (Wildman–Crippen MR) is 57.6 cm³/mol. The minimum absolute atomic E-state index is 0.204. The van der Waals surface area contributed by atoms with Crippen LogP contribution in [0.4, 0.5) is 0 Å². The molecular formula is C9H10Br2O. The van der Waals surface area contributed by atoms with Crippen LogP contribution in [0.5, 0.6) is 5.75 Å². The summed E-state index contributed by atoms with van der Waals surface area (Å²) in [7, 11) is 0. The molecular weight excluding hydrogens is 284 g/mol. The van der Waals surface area contributed by atoms with Crippen LogP contribution in [0, 0.1) is 0 Å². The average molecular weight is 294 g/mol. The van der Waals surface area contributed by atoms with Gasteiger partial charge in [0.25, 0.3) is 0 Å². The highest BCUT2D eigenvalue weighted by Gasteiger charge is 2.02. The van der Waals surface area contributed by atoms with Gasteiger partial charge in [-0.15, -0.1) is 0 Å². The van der Waals surface area contributed by atoms with E-state index in [-0.39, 0.29) is 6.10 Å². The molecule has 0 aromatic heterocycles. The third-order valence-corrected chi connectivity index (χ3v) is 2.40. The third kappa shape index (κ3) is 2.79. The fraction of sp³-hybridized carbons (Fsp3) is 0.333. The van der Waals surface area contributed by atoms with Gasteiger partial charge in [-0.05, 0) is 48.0 Å². The molecule has 0 saturated carbocycles. The first kappa shape index (κ1) is 10.1. The van der Waals surface area contributed by atoms with Gasteiger partial charge in [-0.2, -0.15) is 0 Å². The average Bonchev–Trinajstić information content (AvgIpc) is 1.96. The molecule has 1 nitrogen and oxygen atoms in total. The van der Waals surface area contributed by atoms with Crippen LogP contribution in [0.2, 0.25) is 0 Å². The Morgan fingerprint density at radius 3 is 2.50 bits per heavy atom. The molecule has 1 rings (SSSR count). The lowest BCUT2D eigenvalue weighted by molar-refractivity contribution is 0.240. The highest BCUT2D eigenvalue weighted by Crippen LogP contribution is 2.28. The van der Waals surface area contributed by atoms with E-state index in [4.69, 9.17) is 4.74 Å². The van der Waals surface area contributed by atoms with Crippen LogP contribution >= 0.6 is 31.9 Å². The second-order valence-electron chi connectivity index (χ2n) is 2.74. The van der Waals surface area contributed by atoms with Crippen LogP contribution in [0.1, 0.15) is 13.8 Å². The molecule has 66 valence electrons. The largest absolute Gasteiger partial charge is 0.490 e. The first-order valence-corrected chi connectivity index (χ1v) is 5.30. The van der Waals surface area contributed by atoms with Gasteiger partial charge in [0, 0.05) is 4.47 Å². The van der Waals surface area contributed by atoms with Gasteiger partial charge in [-0.3, -0.25) is 0 Å². The van der Waals surface area contributed by atoms with E-state index in [9.17, 15) is 0 Å². The summed E-state index contributed by atoms with van der Waals surface area (Å²) < 4.78 is 7.56. The van der Waals surface area contributed by atoms with Crippen molar-refractivity contribution < 1.29 is 4.74 Å². The van der Waals surface area contributed by atoms with Crippen molar-refractivity contribution in [2.24, 2.45) is 0 Å². The number of ether oxygens (including phenoxy) is 1. The van der Waals surface area contributed by atoms with Gasteiger partial charge in [0.05, 0.1) is 10.6 Å². The lowest BCUT2D eigenvalue weighted by Crippen LogP contribution is -2.05. The highest BCUT2D eigenvalue weighted by atomic mass is 79.9. The van der Waals surface area contributed by atoms with Crippen LogP contribution in [-0.4, -0.2) is 6.10 Å². The van der Waals surface area contributed by atoms with Crippen LogP contribution in [-0.2, 0) is 0 Å². The Balaban J connectivity index is 2.90. The summed E-state index contributed by atoms with van der Waals surface area (Å²) in [6.07, 6.45) is 0.204.